The van der Waals surface area contributed by atoms with E-state index in [4.69, 9.17) is 4.42 Å². The standard InChI is InChI=1S/C13H17BrN2O2/c14-12-4-3-11(18-12)13(17)15-7-9-5-6-16(8-9)10-1-2-10/h3-4,9-10H,1-2,5-8H2,(H,15,17)/t9-/m0/s1. The van der Waals surface area contributed by atoms with Crippen LogP contribution in [0.15, 0.2) is 21.2 Å². The molecule has 18 heavy (non-hydrogen) atoms. The zero-order chi connectivity index (χ0) is 12.5. The fraction of sp³-hybridized carbons (Fsp3) is 0.615. The highest BCUT2D eigenvalue weighted by Crippen LogP contribution is 2.31. The van der Waals surface area contributed by atoms with Gasteiger partial charge in [-0.1, -0.05) is 0 Å². The number of likely N-dealkylation sites (tertiary alicyclic amines) is 1. The third-order valence-corrected chi connectivity index (χ3v) is 4.16. The SMILES string of the molecule is O=C(NC[C@@H]1CCN(C2CC2)C1)c1ccc(Br)o1. The Kier molecular flexibility index (Phi) is 3.43. The van der Waals surface area contributed by atoms with E-state index in [1.165, 1.54) is 25.8 Å². The van der Waals surface area contributed by atoms with Crippen LogP contribution in [0.2, 0.25) is 0 Å². The van der Waals surface area contributed by atoms with Gasteiger partial charge in [-0.25, -0.2) is 0 Å². The highest BCUT2D eigenvalue weighted by Gasteiger charge is 2.34. The van der Waals surface area contributed by atoms with Crippen LogP contribution in [-0.4, -0.2) is 36.5 Å². The summed E-state index contributed by atoms with van der Waals surface area (Å²) in [4.78, 5) is 14.4. The van der Waals surface area contributed by atoms with Crippen LogP contribution in [0.4, 0.5) is 0 Å². The predicted molar refractivity (Wildman–Crippen MR) is 71.4 cm³/mol. The molecular formula is C13H17BrN2O2. The lowest BCUT2D eigenvalue weighted by molar-refractivity contribution is 0.0918. The zero-order valence-corrected chi connectivity index (χ0v) is 11.8. The van der Waals surface area contributed by atoms with Crippen molar-refractivity contribution in [3.63, 3.8) is 0 Å². The summed E-state index contributed by atoms with van der Waals surface area (Å²) < 4.78 is 5.82. The molecule has 0 aromatic carbocycles. The molecule has 1 aromatic heterocycles. The van der Waals surface area contributed by atoms with E-state index in [2.05, 4.69) is 26.1 Å². The van der Waals surface area contributed by atoms with E-state index in [0.29, 0.717) is 16.3 Å². The van der Waals surface area contributed by atoms with Gasteiger partial charge in [-0.3, -0.25) is 4.79 Å². The molecule has 0 unspecified atom stereocenters. The summed E-state index contributed by atoms with van der Waals surface area (Å²) >= 11 is 3.20. The molecule has 1 aliphatic carbocycles. The second kappa shape index (κ2) is 5.05. The minimum Gasteiger partial charge on any atom is -0.444 e. The van der Waals surface area contributed by atoms with Crippen molar-refractivity contribution in [3.8, 4) is 0 Å². The Balaban J connectivity index is 1.45. The van der Waals surface area contributed by atoms with Crippen LogP contribution < -0.4 is 5.32 Å². The maximum Gasteiger partial charge on any atom is 0.287 e. The summed E-state index contributed by atoms with van der Waals surface area (Å²) in [5.41, 5.74) is 0. The smallest absolute Gasteiger partial charge is 0.287 e. The van der Waals surface area contributed by atoms with Crippen LogP contribution in [0.1, 0.15) is 29.8 Å². The zero-order valence-electron chi connectivity index (χ0n) is 10.2. The van der Waals surface area contributed by atoms with E-state index in [0.717, 1.165) is 19.1 Å². The van der Waals surface area contributed by atoms with E-state index in [1.54, 1.807) is 12.1 Å². The van der Waals surface area contributed by atoms with Crippen LogP contribution in [0, 0.1) is 5.92 Å². The lowest BCUT2D eigenvalue weighted by atomic mass is 10.1. The van der Waals surface area contributed by atoms with Gasteiger partial charge in [0.05, 0.1) is 0 Å². The second-order valence-electron chi connectivity index (χ2n) is 5.19. The lowest BCUT2D eigenvalue weighted by Gasteiger charge is -2.14. The molecule has 2 aliphatic rings. The molecule has 98 valence electrons. The number of nitrogens with one attached hydrogen (secondary N) is 1. The largest absolute Gasteiger partial charge is 0.444 e. The minimum absolute atomic E-state index is 0.120. The van der Waals surface area contributed by atoms with Crippen molar-refractivity contribution in [3.05, 3.63) is 22.6 Å². The van der Waals surface area contributed by atoms with Gasteiger partial charge < -0.3 is 14.6 Å². The average molecular weight is 313 g/mol. The number of rotatable bonds is 4. The van der Waals surface area contributed by atoms with E-state index in [1.807, 2.05) is 0 Å². The summed E-state index contributed by atoms with van der Waals surface area (Å²) in [5.74, 6) is 0.845. The Morgan fingerprint density at radius 2 is 2.28 bits per heavy atom. The molecule has 1 amide bonds. The van der Waals surface area contributed by atoms with Gasteiger partial charge in [-0.05, 0) is 59.8 Å². The first-order valence-corrected chi connectivity index (χ1v) is 7.29. The molecule has 1 saturated carbocycles. The number of carbonyl (C=O) groups is 1. The van der Waals surface area contributed by atoms with Gasteiger partial charge in [0.2, 0.25) is 0 Å². The normalized spacial score (nSPS) is 24.4. The van der Waals surface area contributed by atoms with Crippen LogP contribution in [-0.2, 0) is 0 Å². The third kappa shape index (κ3) is 2.78. The first kappa shape index (κ1) is 12.2. The lowest BCUT2D eigenvalue weighted by Crippen LogP contribution is -2.31. The summed E-state index contributed by atoms with van der Waals surface area (Å²) in [7, 11) is 0. The average Bonchev–Trinajstić information content (AvgIpc) is 2.95. The first-order valence-electron chi connectivity index (χ1n) is 6.50. The molecule has 2 fully saturated rings. The Morgan fingerprint density at radius 3 is 2.94 bits per heavy atom. The van der Waals surface area contributed by atoms with Gasteiger partial charge in [0.25, 0.3) is 5.91 Å². The molecule has 1 saturated heterocycles. The van der Waals surface area contributed by atoms with Gasteiger partial charge in [0, 0.05) is 19.1 Å². The molecule has 0 bridgehead atoms. The van der Waals surface area contributed by atoms with Crippen LogP contribution in [0.5, 0.6) is 0 Å². The molecule has 2 heterocycles. The number of carbonyl (C=O) groups excluding carboxylic acids is 1. The van der Waals surface area contributed by atoms with E-state index in [9.17, 15) is 4.79 Å². The minimum atomic E-state index is -0.120. The molecule has 5 heteroatoms. The first-order chi connectivity index (χ1) is 8.72. The highest BCUT2D eigenvalue weighted by molar-refractivity contribution is 9.10. The monoisotopic (exact) mass is 312 g/mol. The molecule has 1 N–H and O–H groups in total. The van der Waals surface area contributed by atoms with Gasteiger partial charge in [0.15, 0.2) is 10.4 Å². The maximum atomic E-state index is 11.8. The number of amides is 1. The quantitative estimate of drug-likeness (QED) is 0.927. The Labute approximate surface area is 115 Å². The van der Waals surface area contributed by atoms with Crippen molar-refractivity contribution in [2.45, 2.75) is 25.3 Å². The molecule has 1 aliphatic heterocycles. The van der Waals surface area contributed by atoms with Crippen molar-refractivity contribution >= 4 is 21.8 Å². The molecule has 0 radical (unpaired) electrons. The molecule has 0 spiro atoms. The fourth-order valence-corrected chi connectivity index (χ4v) is 2.87. The second-order valence-corrected chi connectivity index (χ2v) is 5.98. The topological polar surface area (TPSA) is 45.5 Å². The van der Waals surface area contributed by atoms with Crippen LogP contribution in [0.3, 0.4) is 0 Å². The van der Waals surface area contributed by atoms with E-state index < -0.39 is 0 Å². The summed E-state index contributed by atoms with van der Waals surface area (Å²) in [5, 5.41) is 2.95. The van der Waals surface area contributed by atoms with Gasteiger partial charge in [-0.2, -0.15) is 0 Å². The molecule has 3 rings (SSSR count). The highest BCUT2D eigenvalue weighted by atomic mass is 79.9. The van der Waals surface area contributed by atoms with Gasteiger partial charge >= 0.3 is 0 Å². The summed E-state index contributed by atoms with van der Waals surface area (Å²) in [6.07, 6.45) is 3.91. The summed E-state index contributed by atoms with van der Waals surface area (Å²) in [6, 6.07) is 4.26. The Hall–Kier alpha value is -0.810. The predicted octanol–water partition coefficient (Wildman–Crippen LogP) is 2.26. The van der Waals surface area contributed by atoms with Crippen molar-refractivity contribution in [1.82, 2.24) is 10.2 Å². The molecule has 1 atom stereocenters. The van der Waals surface area contributed by atoms with Crippen molar-refractivity contribution < 1.29 is 9.21 Å². The molecule has 1 aromatic rings. The van der Waals surface area contributed by atoms with Gasteiger partial charge in [-0.15, -0.1) is 0 Å². The number of hydrogen-bond acceptors (Lipinski definition) is 3. The van der Waals surface area contributed by atoms with Crippen molar-refractivity contribution in [2.75, 3.05) is 19.6 Å². The maximum absolute atomic E-state index is 11.8. The van der Waals surface area contributed by atoms with E-state index >= 15 is 0 Å². The number of halogens is 1. The van der Waals surface area contributed by atoms with Crippen molar-refractivity contribution in [1.29, 1.82) is 0 Å². The third-order valence-electron chi connectivity index (χ3n) is 3.73. The number of nitrogens with zero attached hydrogens (tertiary/aromatic N) is 1. The van der Waals surface area contributed by atoms with Crippen LogP contribution >= 0.6 is 15.9 Å². The Morgan fingerprint density at radius 1 is 1.44 bits per heavy atom. The molecular weight excluding hydrogens is 296 g/mol. The summed E-state index contributed by atoms with van der Waals surface area (Å²) in [6.45, 7) is 3.07. The Bertz CT molecular complexity index is 442. The van der Waals surface area contributed by atoms with Gasteiger partial charge in [0.1, 0.15) is 0 Å². The fourth-order valence-electron chi connectivity index (χ4n) is 2.56. The number of furan rings is 1. The molecule has 4 nitrogen and oxygen atoms in total. The van der Waals surface area contributed by atoms with E-state index in [-0.39, 0.29) is 5.91 Å². The number of hydrogen-bond donors (Lipinski definition) is 1. The van der Waals surface area contributed by atoms with Crippen molar-refractivity contribution in [2.24, 2.45) is 5.92 Å². The van der Waals surface area contributed by atoms with Crippen LogP contribution in [0.25, 0.3) is 0 Å².